The molecule has 0 bridgehead atoms. The molecule has 0 fully saturated rings. The largest absolute Gasteiger partial charge is 0.369 e. The molecule has 6 nitrogen and oxygen atoms in total. The van der Waals surface area contributed by atoms with E-state index in [0.717, 1.165) is 5.56 Å². The summed E-state index contributed by atoms with van der Waals surface area (Å²) in [4.78, 5) is 20.8. The Bertz CT molecular complexity index is 403. The van der Waals surface area contributed by atoms with Crippen LogP contribution in [0.4, 0.5) is 5.69 Å². The Balaban J connectivity index is 2.42. The Kier molecular flexibility index (Phi) is 4.59. The molecule has 6 heteroatoms. The molecule has 0 aliphatic heterocycles. The summed E-state index contributed by atoms with van der Waals surface area (Å²) in [6.07, 6.45) is 0. The van der Waals surface area contributed by atoms with Crippen molar-refractivity contribution in [2.24, 2.45) is 11.7 Å². The number of nitrogens with one attached hydrogen (secondary N) is 1. The van der Waals surface area contributed by atoms with E-state index in [1.165, 1.54) is 12.1 Å². The third kappa shape index (κ3) is 4.20. The normalized spacial score (nSPS) is 12.1. The van der Waals surface area contributed by atoms with Crippen molar-refractivity contribution in [2.75, 3.05) is 6.54 Å². The first-order valence-corrected chi connectivity index (χ1v) is 5.24. The van der Waals surface area contributed by atoms with Gasteiger partial charge in [-0.3, -0.25) is 14.9 Å². The quantitative estimate of drug-likeness (QED) is 0.565. The van der Waals surface area contributed by atoms with E-state index in [1.54, 1.807) is 19.1 Å². The smallest absolute Gasteiger partial charge is 0.269 e. The fourth-order valence-corrected chi connectivity index (χ4v) is 1.27. The zero-order valence-electron chi connectivity index (χ0n) is 9.55. The Labute approximate surface area is 99.0 Å². The van der Waals surface area contributed by atoms with E-state index in [9.17, 15) is 14.9 Å². The number of carbonyl (C=O) groups is 1. The molecule has 1 unspecified atom stereocenters. The highest BCUT2D eigenvalue weighted by Gasteiger charge is 2.08. The van der Waals surface area contributed by atoms with Gasteiger partial charge < -0.3 is 11.1 Å². The molecule has 1 aromatic rings. The van der Waals surface area contributed by atoms with Crippen LogP contribution in [0.25, 0.3) is 0 Å². The van der Waals surface area contributed by atoms with Crippen LogP contribution in [0.15, 0.2) is 24.3 Å². The average Bonchev–Trinajstić information content (AvgIpc) is 2.29. The highest BCUT2D eigenvalue weighted by Crippen LogP contribution is 2.11. The first-order chi connectivity index (χ1) is 8.00. The Morgan fingerprint density at radius 2 is 2.06 bits per heavy atom. The maximum Gasteiger partial charge on any atom is 0.269 e. The molecule has 0 radical (unpaired) electrons. The monoisotopic (exact) mass is 237 g/mol. The van der Waals surface area contributed by atoms with Crippen LogP contribution < -0.4 is 11.1 Å². The number of nitrogens with two attached hydrogens (primary N) is 1. The van der Waals surface area contributed by atoms with Crippen LogP contribution in [0, 0.1) is 16.0 Å². The highest BCUT2D eigenvalue weighted by molar-refractivity contribution is 5.76. The molecule has 1 atom stereocenters. The van der Waals surface area contributed by atoms with Gasteiger partial charge in [0, 0.05) is 31.1 Å². The number of benzene rings is 1. The van der Waals surface area contributed by atoms with Gasteiger partial charge in [0.25, 0.3) is 5.69 Å². The number of non-ortho nitro benzene ring substituents is 1. The van der Waals surface area contributed by atoms with Crippen LogP contribution in [0.5, 0.6) is 0 Å². The van der Waals surface area contributed by atoms with E-state index in [-0.39, 0.29) is 17.5 Å². The molecule has 0 saturated heterocycles. The van der Waals surface area contributed by atoms with Gasteiger partial charge in [0.05, 0.1) is 4.92 Å². The Morgan fingerprint density at radius 3 is 2.53 bits per heavy atom. The molecule has 0 aliphatic carbocycles. The minimum atomic E-state index is -0.438. The molecule has 0 aromatic heterocycles. The third-order valence-electron chi connectivity index (χ3n) is 2.41. The first kappa shape index (κ1) is 13.1. The molecule has 0 saturated carbocycles. The summed E-state index contributed by atoms with van der Waals surface area (Å²) in [7, 11) is 0. The molecule has 17 heavy (non-hydrogen) atoms. The van der Waals surface area contributed by atoms with E-state index < -0.39 is 4.92 Å². The van der Waals surface area contributed by atoms with Crippen molar-refractivity contribution in [3.05, 3.63) is 39.9 Å². The van der Waals surface area contributed by atoms with E-state index in [1.807, 2.05) is 0 Å². The van der Waals surface area contributed by atoms with Gasteiger partial charge in [-0.25, -0.2) is 0 Å². The molecule has 92 valence electrons. The van der Waals surface area contributed by atoms with Crippen LogP contribution in [-0.2, 0) is 11.3 Å². The highest BCUT2D eigenvalue weighted by atomic mass is 16.6. The van der Waals surface area contributed by atoms with Gasteiger partial charge in [0.1, 0.15) is 0 Å². The van der Waals surface area contributed by atoms with Crippen molar-refractivity contribution >= 4 is 11.6 Å². The lowest BCUT2D eigenvalue weighted by molar-refractivity contribution is -0.384. The first-order valence-electron chi connectivity index (χ1n) is 5.24. The van der Waals surface area contributed by atoms with Gasteiger partial charge in [-0.2, -0.15) is 0 Å². The molecule has 0 heterocycles. The predicted octanol–water partition coefficient (Wildman–Crippen LogP) is 0.806. The number of amides is 1. The van der Waals surface area contributed by atoms with Gasteiger partial charge in [-0.1, -0.05) is 19.1 Å². The summed E-state index contributed by atoms with van der Waals surface area (Å²) >= 11 is 0. The topological polar surface area (TPSA) is 98.3 Å². The van der Waals surface area contributed by atoms with Gasteiger partial charge in [0.2, 0.25) is 5.91 Å². The minimum Gasteiger partial charge on any atom is -0.369 e. The lowest BCUT2D eigenvalue weighted by atomic mass is 10.1. The summed E-state index contributed by atoms with van der Waals surface area (Å²) in [5.74, 6) is -0.575. The second-order valence-corrected chi connectivity index (χ2v) is 3.86. The van der Waals surface area contributed by atoms with Gasteiger partial charge in [0.15, 0.2) is 0 Å². The fraction of sp³-hybridized carbons (Fsp3) is 0.364. The predicted molar refractivity (Wildman–Crippen MR) is 63.2 cm³/mol. The molecular weight excluding hydrogens is 222 g/mol. The molecule has 3 N–H and O–H groups in total. The number of nitro groups is 1. The van der Waals surface area contributed by atoms with Crippen molar-refractivity contribution in [2.45, 2.75) is 13.5 Å². The van der Waals surface area contributed by atoms with E-state index in [4.69, 9.17) is 5.73 Å². The number of hydrogen-bond acceptors (Lipinski definition) is 4. The number of primary amides is 1. The fourth-order valence-electron chi connectivity index (χ4n) is 1.27. The summed E-state index contributed by atoms with van der Waals surface area (Å²) in [6.45, 7) is 2.78. The zero-order valence-corrected chi connectivity index (χ0v) is 9.55. The van der Waals surface area contributed by atoms with E-state index in [0.29, 0.717) is 13.1 Å². The van der Waals surface area contributed by atoms with Crippen molar-refractivity contribution < 1.29 is 9.72 Å². The number of hydrogen-bond donors (Lipinski definition) is 2. The van der Waals surface area contributed by atoms with Gasteiger partial charge in [-0.15, -0.1) is 0 Å². The average molecular weight is 237 g/mol. The van der Waals surface area contributed by atoms with Crippen LogP contribution in [0.2, 0.25) is 0 Å². The van der Waals surface area contributed by atoms with Crippen molar-refractivity contribution in [1.82, 2.24) is 5.32 Å². The zero-order chi connectivity index (χ0) is 12.8. The molecule has 1 amide bonds. The van der Waals surface area contributed by atoms with Crippen LogP contribution in [0.1, 0.15) is 12.5 Å². The van der Waals surface area contributed by atoms with Crippen molar-refractivity contribution in [1.29, 1.82) is 0 Å². The Hall–Kier alpha value is -1.95. The summed E-state index contributed by atoms with van der Waals surface area (Å²) in [5, 5.41) is 13.5. The van der Waals surface area contributed by atoms with E-state index in [2.05, 4.69) is 5.32 Å². The van der Waals surface area contributed by atoms with Gasteiger partial charge in [-0.05, 0) is 5.56 Å². The second kappa shape index (κ2) is 5.95. The van der Waals surface area contributed by atoms with Crippen molar-refractivity contribution in [3.63, 3.8) is 0 Å². The van der Waals surface area contributed by atoms with Crippen LogP contribution in [-0.4, -0.2) is 17.4 Å². The van der Waals surface area contributed by atoms with Crippen LogP contribution >= 0.6 is 0 Å². The molecule has 1 aromatic carbocycles. The minimum absolute atomic E-state index is 0.0688. The number of rotatable bonds is 6. The van der Waals surface area contributed by atoms with E-state index >= 15 is 0 Å². The maximum atomic E-state index is 10.8. The summed E-state index contributed by atoms with van der Waals surface area (Å²) in [5.41, 5.74) is 6.11. The second-order valence-electron chi connectivity index (χ2n) is 3.86. The van der Waals surface area contributed by atoms with Gasteiger partial charge >= 0.3 is 0 Å². The van der Waals surface area contributed by atoms with Crippen LogP contribution in [0.3, 0.4) is 0 Å². The standard InChI is InChI=1S/C11H15N3O3/c1-8(11(12)15)6-13-7-9-2-4-10(5-3-9)14(16)17/h2-5,8,13H,6-7H2,1H3,(H2,12,15). The lowest BCUT2D eigenvalue weighted by Crippen LogP contribution is -2.30. The molecular formula is C11H15N3O3. The number of nitro benzene ring substituents is 1. The summed E-state index contributed by atoms with van der Waals surface area (Å²) < 4.78 is 0. The Morgan fingerprint density at radius 1 is 1.47 bits per heavy atom. The molecule has 1 rings (SSSR count). The van der Waals surface area contributed by atoms with Crippen molar-refractivity contribution in [3.8, 4) is 0 Å². The number of nitrogens with zero attached hydrogens (tertiary/aromatic N) is 1. The molecule has 0 aliphatic rings. The number of carbonyl (C=O) groups excluding carboxylic acids is 1. The summed E-state index contributed by atoms with van der Waals surface area (Å²) in [6, 6.07) is 6.27. The lowest BCUT2D eigenvalue weighted by Gasteiger charge is -2.08. The third-order valence-corrected chi connectivity index (χ3v) is 2.41. The molecule has 0 spiro atoms. The SMILES string of the molecule is CC(CNCc1ccc([N+](=O)[O-])cc1)C(N)=O. The maximum absolute atomic E-state index is 10.8.